The first-order chi connectivity index (χ1) is 16.8. The molecule has 0 aliphatic rings. The van der Waals surface area contributed by atoms with Gasteiger partial charge in [0.15, 0.2) is 0 Å². The molecule has 0 rings (SSSR count). The van der Waals surface area contributed by atoms with Gasteiger partial charge >= 0.3 is 0 Å². The number of hydrogen-bond donors (Lipinski definition) is 0. The van der Waals surface area contributed by atoms with E-state index in [-0.39, 0.29) is 0 Å². The monoisotopic (exact) mass is 522 g/mol. The van der Waals surface area contributed by atoms with E-state index in [4.69, 9.17) is 0 Å². The highest BCUT2D eigenvalue weighted by atomic mass is 31.0. The SMILES string of the molecule is C/C(=C\CP)CC/C=C(\C)CCCCN(CCCC/C(C)=C/CC/C(C)=C/CP)CCCN(C)C. The Morgan fingerprint density at radius 2 is 0.914 bits per heavy atom. The molecule has 0 aromatic carbocycles. The predicted octanol–water partition coefficient (Wildman–Crippen LogP) is 8.68. The number of hydrogen-bond acceptors (Lipinski definition) is 2. The molecule has 0 aliphatic heterocycles. The van der Waals surface area contributed by atoms with E-state index in [1.807, 2.05) is 0 Å². The molecule has 0 saturated carbocycles. The summed E-state index contributed by atoms with van der Waals surface area (Å²) < 4.78 is 0. The third-order valence-corrected chi connectivity index (χ3v) is 7.14. The standard InChI is InChI=1S/C31H60N2P2/c1-28(16-11-18-30(3)20-26-34)14-7-9-23-33(25-13-22-32(5)6)24-10-8-15-29(2)17-12-19-31(4)21-27-35/h16-17,20-21H,7-15,18-19,22-27,34-35H2,1-6H3/b28-16+,29-17+,30-20+,31-21+. The third kappa shape index (κ3) is 23.9. The number of rotatable bonds is 22. The first-order valence-corrected chi connectivity index (χ1v) is 15.8. The van der Waals surface area contributed by atoms with E-state index in [0.29, 0.717) is 0 Å². The molecule has 0 amide bonds. The van der Waals surface area contributed by atoms with Crippen molar-refractivity contribution in [3.63, 3.8) is 0 Å². The second kappa shape index (κ2) is 24.1. The molecule has 0 heterocycles. The van der Waals surface area contributed by atoms with Gasteiger partial charge in [-0.1, -0.05) is 46.6 Å². The average Bonchev–Trinajstić information content (AvgIpc) is 2.79. The second-order valence-corrected chi connectivity index (χ2v) is 11.6. The maximum absolute atomic E-state index is 2.79. The summed E-state index contributed by atoms with van der Waals surface area (Å²) in [6.45, 7) is 14.1. The lowest BCUT2D eigenvalue weighted by atomic mass is 10.1. The molecular formula is C31H60N2P2. The normalized spacial score (nSPS) is 14.0. The molecule has 2 nitrogen and oxygen atoms in total. The predicted molar refractivity (Wildman–Crippen MR) is 170 cm³/mol. The summed E-state index contributed by atoms with van der Waals surface area (Å²) in [5.41, 5.74) is 6.18. The molecule has 0 aromatic heterocycles. The molecule has 0 fully saturated rings. The van der Waals surface area contributed by atoms with Crippen LogP contribution in [-0.2, 0) is 0 Å². The van der Waals surface area contributed by atoms with Crippen molar-refractivity contribution in [1.29, 1.82) is 0 Å². The van der Waals surface area contributed by atoms with Crippen LogP contribution in [-0.4, -0.2) is 62.4 Å². The van der Waals surface area contributed by atoms with Gasteiger partial charge in [0.1, 0.15) is 0 Å². The first kappa shape index (κ1) is 34.7. The number of nitrogens with zero attached hydrogens (tertiary/aromatic N) is 2. The molecule has 0 aromatic rings. The van der Waals surface area contributed by atoms with E-state index < -0.39 is 0 Å². The Kier molecular flexibility index (Phi) is 23.9. The molecule has 2 unspecified atom stereocenters. The lowest BCUT2D eigenvalue weighted by Gasteiger charge is -2.23. The van der Waals surface area contributed by atoms with Crippen molar-refractivity contribution in [3.8, 4) is 0 Å². The summed E-state index contributed by atoms with van der Waals surface area (Å²) in [7, 11) is 9.94. The molecule has 0 radical (unpaired) electrons. The van der Waals surface area contributed by atoms with Crippen LogP contribution < -0.4 is 0 Å². The van der Waals surface area contributed by atoms with Crippen LogP contribution in [0, 0.1) is 0 Å². The maximum atomic E-state index is 2.79. The van der Waals surface area contributed by atoms with Crippen LogP contribution in [0.1, 0.15) is 98.3 Å². The van der Waals surface area contributed by atoms with Crippen molar-refractivity contribution in [2.75, 3.05) is 52.6 Å². The van der Waals surface area contributed by atoms with Crippen LogP contribution in [0.3, 0.4) is 0 Å². The average molecular weight is 523 g/mol. The van der Waals surface area contributed by atoms with E-state index in [1.165, 1.54) is 108 Å². The number of unbranched alkanes of at least 4 members (excludes halogenated alkanes) is 2. The van der Waals surface area contributed by atoms with Crippen molar-refractivity contribution < 1.29 is 0 Å². The molecule has 204 valence electrons. The van der Waals surface area contributed by atoms with E-state index in [9.17, 15) is 0 Å². The highest BCUT2D eigenvalue weighted by Crippen LogP contribution is 2.14. The van der Waals surface area contributed by atoms with Crippen LogP contribution in [0.15, 0.2) is 46.6 Å². The Hall–Kier alpha value is -0.260. The van der Waals surface area contributed by atoms with Gasteiger partial charge in [0.2, 0.25) is 0 Å². The van der Waals surface area contributed by atoms with E-state index in [0.717, 1.165) is 12.3 Å². The molecule has 0 N–H and O–H groups in total. The van der Waals surface area contributed by atoms with E-state index in [2.05, 4.69) is 94.4 Å². The molecule has 0 saturated heterocycles. The summed E-state index contributed by atoms with van der Waals surface area (Å²) in [6.07, 6.45) is 25.6. The van der Waals surface area contributed by atoms with Crippen molar-refractivity contribution in [2.24, 2.45) is 0 Å². The minimum absolute atomic E-state index is 1.08. The lowest BCUT2D eigenvalue weighted by molar-refractivity contribution is 0.246. The molecule has 2 atom stereocenters. The Labute approximate surface area is 225 Å². The van der Waals surface area contributed by atoms with Gasteiger partial charge in [0.25, 0.3) is 0 Å². The van der Waals surface area contributed by atoms with Crippen LogP contribution in [0.2, 0.25) is 0 Å². The van der Waals surface area contributed by atoms with Gasteiger partial charge in [-0.05, 0) is 151 Å². The summed E-state index contributed by atoms with van der Waals surface area (Å²) in [6, 6.07) is 0. The fourth-order valence-electron chi connectivity index (χ4n) is 4.33. The fourth-order valence-corrected chi connectivity index (χ4v) is 5.13. The van der Waals surface area contributed by atoms with Gasteiger partial charge in [-0.15, -0.1) is 18.5 Å². The highest BCUT2D eigenvalue weighted by Gasteiger charge is 2.06. The number of allylic oxidation sites excluding steroid dienone is 8. The molecular weight excluding hydrogens is 462 g/mol. The Bertz CT molecular complexity index is 584. The summed E-state index contributed by atoms with van der Waals surface area (Å²) >= 11 is 0. The van der Waals surface area contributed by atoms with Crippen molar-refractivity contribution in [1.82, 2.24) is 9.80 Å². The van der Waals surface area contributed by atoms with Crippen LogP contribution in [0.4, 0.5) is 0 Å². The van der Waals surface area contributed by atoms with Crippen LogP contribution in [0.25, 0.3) is 0 Å². The van der Waals surface area contributed by atoms with Gasteiger partial charge in [-0.2, -0.15) is 0 Å². The van der Waals surface area contributed by atoms with Crippen LogP contribution >= 0.6 is 18.5 Å². The molecule has 35 heavy (non-hydrogen) atoms. The van der Waals surface area contributed by atoms with Gasteiger partial charge in [0, 0.05) is 0 Å². The van der Waals surface area contributed by atoms with Crippen molar-refractivity contribution in [2.45, 2.75) is 98.3 Å². The largest absolute Gasteiger partial charge is 0.309 e. The second-order valence-electron chi connectivity index (χ2n) is 10.7. The first-order valence-electron chi connectivity index (χ1n) is 14.2. The molecule has 0 aliphatic carbocycles. The Balaban J connectivity index is 4.30. The zero-order valence-corrected chi connectivity index (χ0v) is 26.7. The minimum atomic E-state index is 1.08. The molecule has 0 spiro atoms. The summed E-state index contributed by atoms with van der Waals surface area (Å²) in [4.78, 5) is 5.04. The van der Waals surface area contributed by atoms with Gasteiger partial charge in [-0.3, -0.25) is 0 Å². The maximum Gasteiger partial charge on any atom is -0.000655 e. The quantitative estimate of drug-likeness (QED) is 0.0797. The zero-order valence-electron chi connectivity index (χ0n) is 24.4. The molecule has 4 heteroatoms. The summed E-state index contributed by atoms with van der Waals surface area (Å²) in [5, 5.41) is 0. The highest BCUT2D eigenvalue weighted by molar-refractivity contribution is 7.16. The van der Waals surface area contributed by atoms with Crippen molar-refractivity contribution in [3.05, 3.63) is 46.6 Å². The van der Waals surface area contributed by atoms with Crippen molar-refractivity contribution >= 4 is 18.5 Å². The lowest BCUT2D eigenvalue weighted by Crippen LogP contribution is -2.29. The zero-order chi connectivity index (χ0) is 26.3. The third-order valence-electron chi connectivity index (χ3n) is 6.67. The molecule has 0 bridgehead atoms. The smallest absolute Gasteiger partial charge is 0.000655 e. The fraction of sp³-hybridized carbons (Fsp3) is 0.742. The minimum Gasteiger partial charge on any atom is -0.309 e. The Morgan fingerprint density at radius 1 is 0.514 bits per heavy atom. The van der Waals surface area contributed by atoms with E-state index in [1.54, 1.807) is 11.1 Å². The Morgan fingerprint density at radius 3 is 1.31 bits per heavy atom. The topological polar surface area (TPSA) is 6.48 Å². The van der Waals surface area contributed by atoms with Crippen LogP contribution in [0.5, 0.6) is 0 Å². The van der Waals surface area contributed by atoms with Gasteiger partial charge in [-0.25, -0.2) is 0 Å². The van der Waals surface area contributed by atoms with Gasteiger partial charge < -0.3 is 9.80 Å². The summed E-state index contributed by atoms with van der Waals surface area (Å²) in [5.74, 6) is 0. The van der Waals surface area contributed by atoms with E-state index >= 15 is 0 Å². The van der Waals surface area contributed by atoms with Gasteiger partial charge in [0.05, 0.1) is 0 Å².